The number of rotatable bonds is 6. The number of hydrogen-bond donors (Lipinski definition) is 2. The van der Waals surface area contributed by atoms with Crippen LogP contribution in [0.2, 0.25) is 0 Å². The number of aromatic nitrogens is 4. The van der Waals surface area contributed by atoms with Crippen LogP contribution in [0.5, 0.6) is 0 Å². The number of amides is 1. The number of aryl methyl sites for hydroxylation is 1. The number of halogens is 1. The minimum absolute atomic E-state index is 0.267. The van der Waals surface area contributed by atoms with Crippen LogP contribution in [0.3, 0.4) is 0 Å². The van der Waals surface area contributed by atoms with E-state index in [2.05, 4.69) is 43.7 Å². The van der Waals surface area contributed by atoms with Gasteiger partial charge in [0.05, 0.1) is 10.5 Å². The number of nitrogens with zero attached hydrogens (tertiary/aromatic N) is 4. The van der Waals surface area contributed by atoms with E-state index >= 15 is 0 Å². The highest BCUT2D eigenvalue weighted by molar-refractivity contribution is 9.10. The molecular weight excluding hydrogens is 530 g/mol. The van der Waals surface area contributed by atoms with E-state index in [0.29, 0.717) is 18.0 Å². The van der Waals surface area contributed by atoms with Crippen molar-refractivity contribution < 1.29 is 23.8 Å². The lowest BCUT2D eigenvalue weighted by molar-refractivity contribution is -0.140. The predicted octanol–water partition coefficient (Wildman–Crippen LogP) is 4.95. The Morgan fingerprint density at radius 2 is 2.00 bits per heavy atom. The molecule has 10 nitrogen and oxygen atoms in total. The Hall–Kier alpha value is -3.73. The molecular formula is C25H22BrN5O5. The molecule has 2 aliphatic carbocycles. The maximum Gasteiger partial charge on any atom is 0.408 e. The van der Waals surface area contributed by atoms with Crippen LogP contribution in [0.15, 0.2) is 39.2 Å². The second-order valence-corrected chi connectivity index (χ2v) is 10.3. The van der Waals surface area contributed by atoms with Gasteiger partial charge in [-0.25, -0.2) is 14.3 Å². The zero-order chi connectivity index (χ0) is 25.3. The van der Waals surface area contributed by atoms with Crippen LogP contribution in [0.1, 0.15) is 31.9 Å². The minimum Gasteiger partial charge on any atom is -0.480 e. The number of aliphatic carboxylic acids is 1. The van der Waals surface area contributed by atoms with Crippen molar-refractivity contribution in [2.75, 3.05) is 0 Å². The van der Waals surface area contributed by atoms with Gasteiger partial charge < -0.3 is 19.6 Å². The van der Waals surface area contributed by atoms with Crippen molar-refractivity contribution in [3.63, 3.8) is 0 Å². The third-order valence-electron chi connectivity index (χ3n) is 6.78. The maximum atomic E-state index is 12.4. The van der Waals surface area contributed by atoms with E-state index in [4.69, 9.17) is 9.15 Å². The number of furan rings is 1. The first kappa shape index (κ1) is 22.7. The number of nitrogens with one attached hydrogen (secondary N) is 1. The third-order valence-corrected chi connectivity index (χ3v) is 7.54. The van der Waals surface area contributed by atoms with Crippen molar-refractivity contribution in [3.05, 3.63) is 40.4 Å². The van der Waals surface area contributed by atoms with Crippen LogP contribution in [0.4, 0.5) is 4.79 Å². The Morgan fingerprint density at radius 3 is 2.75 bits per heavy atom. The molecule has 1 amide bonds. The van der Waals surface area contributed by atoms with E-state index < -0.39 is 24.2 Å². The number of ether oxygens (including phenoxy) is 1. The van der Waals surface area contributed by atoms with Gasteiger partial charge in [-0.3, -0.25) is 0 Å². The number of carbonyl (C=O) groups is 2. The molecule has 0 spiro atoms. The lowest BCUT2D eigenvalue weighted by Gasteiger charge is -2.18. The molecule has 2 aromatic carbocycles. The van der Waals surface area contributed by atoms with Gasteiger partial charge >= 0.3 is 12.1 Å². The topological polar surface area (TPSA) is 132 Å². The van der Waals surface area contributed by atoms with Gasteiger partial charge in [-0.05, 0) is 62.0 Å². The third kappa shape index (κ3) is 3.41. The number of fused-ring (bicyclic) bond motifs is 5. The Bertz CT molecular complexity index is 1560. The molecule has 4 bridgehead atoms. The number of tetrazole rings is 1. The number of carboxylic acid groups (broad SMARTS) is 1. The molecule has 1 fully saturated rings. The van der Waals surface area contributed by atoms with E-state index in [1.54, 1.807) is 18.5 Å². The fourth-order valence-electron chi connectivity index (χ4n) is 4.91. The second kappa shape index (κ2) is 8.16. The fraction of sp³-hybridized carbons (Fsp3) is 0.320. The minimum atomic E-state index is -1.11. The number of carboxylic acids is 1. The van der Waals surface area contributed by atoms with E-state index in [1.165, 1.54) is 0 Å². The van der Waals surface area contributed by atoms with Crippen LogP contribution in [-0.2, 0) is 9.53 Å². The highest BCUT2D eigenvalue weighted by atomic mass is 79.9. The summed E-state index contributed by atoms with van der Waals surface area (Å²) in [5.74, 6) is -0.139. The fourth-order valence-corrected chi connectivity index (χ4v) is 5.60. The van der Waals surface area contributed by atoms with Crippen molar-refractivity contribution in [1.29, 1.82) is 0 Å². The quantitative estimate of drug-likeness (QED) is 0.302. The summed E-state index contributed by atoms with van der Waals surface area (Å²) in [5, 5.41) is 25.3. The van der Waals surface area contributed by atoms with Crippen LogP contribution < -0.4 is 5.32 Å². The van der Waals surface area contributed by atoms with Gasteiger partial charge in [0, 0.05) is 22.9 Å². The monoisotopic (exact) mass is 551 g/mol. The molecule has 184 valence electrons. The zero-order valence-corrected chi connectivity index (χ0v) is 21.2. The van der Waals surface area contributed by atoms with Crippen LogP contribution in [-0.4, -0.2) is 49.5 Å². The van der Waals surface area contributed by atoms with Crippen LogP contribution >= 0.6 is 15.9 Å². The summed E-state index contributed by atoms with van der Waals surface area (Å²) in [7, 11) is 0. The summed E-state index contributed by atoms with van der Waals surface area (Å²) >= 11 is 3.75. The largest absolute Gasteiger partial charge is 0.480 e. The molecule has 2 heterocycles. The Balaban J connectivity index is 1.34. The van der Waals surface area contributed by atoms with Gasteiger partial charge in [-0.1, -0.05) is 38.1 Å². The molecule has 2 aliphatic rings. The predicted molar refractivity (Wildman–Crippen MR) is 133 cm³/mol. The molecule has 1 saturated carbocycles. The standard InChI is InChI=1S/C25H22BrN5O5/c1-10(2)21(24(32)33)27-25(34)36-16-9-14(16)31-23(28-29-30-31)18-12-5-4-6-13(18)22-20(26)19-15(35-22)8-7-11(3)17(12)19/h4-8,10,14,16,21H,9H2,1-3H3,(H,27,34)(H,32,33)/t14?,16?,21-/m0/s1. The number of carbonyl (C=O) groups excluding carboxylic acids is 1. The summed E-state index contributed by atoms with van der Waals surface area (Å²) in [5.41, 5.74) is 5.64. The first-order valence-electron chi connectivity index (χ1n) is 11.6. The van der Waals surface area contributed by atoms with Crippen molar-refractivity contribution in [1.82, 2.24) is 25.5 Å². The van der Waals surface area contributed by atoms with E-state index in [1.807, 2.05) is 30.3 Å². The molecule has 0 radical (unpaired) electrons. The van der Waals surface area contributed by atoms with Crippen molar-refractivity contribution >= 4 is 39.0 Å². The molecule has 0 saturated heterocycles. The summed E-state index contributed by atoms with van der Waals surface area (Å²) in [6.45, 7) is 5.50. The lowest BCUT2D eigenvalue weighted by Crippen LogP contribution is -2.44. The van der Waals surface area contributed by atoms with E-state index in [9.17, 15) is 14.7 Å². The summed E-state index contributed by atoms with van der Waals surface area (Å²) in [4.78, 5) is 23.8. The summed E-state index contributed by atoms with van der Waals surface area (Å²) in [6.07, 6.45) is -0.724. The number of alkyl carbamates (subject to hydrolysis) is 1. The smallest absolute Gasteiger partial charge is 0.408 e. The Kier molecular flexibility index (Phi) is 5.15. The first-order chi connectivity index (χ1) is 17.3. The van der Waals surface area contributed by atoms with E-state index in [0.717, 1.165) is 43.3 Å². The van der Waals surface area contributed by atoms with Gasteiger partial charge in [-0.2, -0.15) is 0 Å². The highest BCUT2D eigenvalue weighted by Crippen LogP contribution is 2.53. The van der Waals surface area contributed by atoms with E-state index in [-0.39, 0.29) is 12.0 Å². The summed E-state index contributed by atoms with van der Waals surface area (Å²) < 4.78 is 14.3. The Labute approximate surface area is 213 Å². The number of hydrogen-bond acceptors (Lipinski definition) is 7. The van der Waals surface area contributed by atoms with Crippen molar-refractivity contribution in [3.8, 4) is 33.8 Å². The average molecular weight is 552 g/mol. The Morgan fingerprint density at radius 1 is 1.22 bits per heavy atom. The molecule has 11 heteroatoms. The van der Waals surface area contributed by atoms with Gasteiger partial charge in [-0.15, -0.1) is 5.10 Å². The van der Waals surface area contributed by atoms with Crippen molar-refractivity contribution in [2.24, 2.45) is 5.92 Å². The molecule has 2 unspecified atom stereocenters. The second-order valence-electron chi connectivity index (χ2n) is 9.50. The van der Waals surface area contributed by atoms with Crippen LogP contribution in [0.25, 0.3) is 44.8 Å². The molecule has 0 aliphatic heterocycles. The molecule has 3 atom stereocenters. The van der Waals surface area contributed by atoms with Crippen molar-refractivity contribution in [2.45, 2.75) is 45.4 Å². The maximum absolute atomic E-state index is 12.4. The van der Waals surface area contributed by atoms with Gasteiger partial charge in [0.25, 0.3) is 0 Å². The van der Waals surface area contributed by atoms with Gasteiger partial charge in [0.1, 0.15) is 23.5 Å². The first-order valence-corrected chi connectivity index (χ1v) is 12.4. The zero-order valence-electron chi connectivity index (χ0n) is 19.7. The molecule has 4 aromatic rings. The molecule has 36 heavy (non-hydrogen) atoms. The molecule has 6 rings (SSSR count). The van der Waals surface area contributed by atoms with Crippen LogP contribution in [0, 0.1) is 12.8 Å². The average Bonchev–Trinajstić information content (AvgIpc) is 3.28. The van der Waals surface area contributed by atoms with Gasteiger partial charge in [0.2, 0.25) is 0 Å². The molecule has 2 N–H and O–H groups in total. The molecule has 2 aromatic heterocycles. The summed E-state index contributed by atoms with van der Waals surface area (Å²) in [6, 6.07) is 8.72. The SMILES string of the molecule is Cc1ccc2oc3c(Br)c2c1-c1cccc-3c1-c1nnnn1C1CC1OC(=O)N[C@H](C(=O)O)C(C)C. The lowest BCUT2D eigenvalue weighted by atomic mass is 9.92. The number of benzene rings is 2. The normalized spacial score (nSPS) is 18.4. The van der Waals surface area contributed by atoms with Gasteiger partial charge in [0.15, 0.2) is 5.82 Å². The highest BCUT2D eigenvalue weighted by Gasteiger charge is 2.46.